The summed E-state index contributed by atoms with van der Waals surface area (Å²) in [5.74, 6) is 0. The first-order valence-electron chi connectivity index (χ1n) is 8.44. The zero-order valence-electron chi connectivity index (χ0n) is 13.1. The van der Waals surface area contributed by atoms with Crippen molar-refractivity contribution >= 4 is 11.3 Å². The molecule has 0 bridgehead atoms. The van der Waals surface area contributed by atoms with Crippen molar-refractivity contribution in [3.8, 4) is 0 Å². The second kappa shape index (κ2) is 6.53. The van der Waals surface area contributed by atoms with Crippen LogP contribution in [0.1, 0.15) is 22.4 Å². The molecule has 1 aliphatic carbocycles. The van der Waals surface area contributed by atoms with E-state index in [-0.39, 0.29) is 0 Å². The topological polar surface area (TPSA) is 6.48 Å². The fraction of sp³-hybridized carbons (Fsp3) is 0.474. The Balaban J connectivity index is 1.32. The third-order valence-corrected chi connectivity index (χ3v) is 6.06. The highest BCUT2D eigenvalue weighted by atomic mass is 32.1. The van der Waals surface area contributed by atoms with E-state index in [4.69, 9.17) is 0 Å². The van der Waals surface area contributed by atoms with Gasteiger partial charge in [-0.2, -0.15) is 0 Å². The van der Waals surface area contributed by atoms with Gasteiger partial charge >= 0.3 is 0 Å². The van der Waals surface area contributed by atoms with Gasteiger partial charge in [-0.25, -0.2) is 0 Å². The van der Waals surface area contributed by atoms with Crippen LogP contribution in [0.2, 0.25) is 0 Å². The molecule has 116 valence electrons. The molecule has 2 nitrogen and oxygen atoms in total. The largest absolute Gasteiger partial charge is 0.298 e. The maximum absolute atomic E-state index is 2.74. The van der Waals surface area contributed by atoms with Crippen LogP contribution in [0.25, 0.3) is 0 Å². The molecule has 2 heterocycles. The Morgan fingerprint density at radius 1 is 0.955 bits per heavy atom. The summed E-state index contributed by atoms with van der Waals surface area (Å²) >= 11 is 1.88. The van der Waals surface area contributed by atoms with Gasteiger partial charge in [0.05, 0.1) is 0 Å². The number of aryl methyl sites for hydroxylation is 1. The van der Waals surface area contributed by atoms with Crippen molar-refractivity contribution in [3.05, 3.63) is 57.8 Å². The van der Waals surface area contributed by atoms with Gasteiger partial charge in [0.15, 0.2) is 0 Å². The van der Waals surface area contributed by atoms with E-state index in [2.05, 4.69) is 51.6 Å². The molecule has 4 rings (SSSR count). The summed E-state index contributed by atoms with van der Waals surface area (Å²) in [5.41, 5.74) is 3.16. The number of fused-ring (bicyclic) bond motifs is 1. The molecular formula is C19H24N2S. The predicted molar refractivity (Wildman–Crippen MR) is 93.4 cm³/mol. The molecule has 22 heavy (non-hydrogen) atoms. The van der Waals surface area contributed by atoms with E-state index in [1.165, 1.54) is 50.3 Å². The summed E-state index contributed by atoms with van der Waals surface area (Å²) in [7, 11) is 0. The molecule has 2 aromatic rings. The number of nitrogens with zero attached hydrogens (tertiary/aromatic N) is 2. The summed E-state index contributed by atoms with van der Waals surface area (Å²) in [6, 6.07) is 14.2. The minimum Gasteiger partial charge on any atom is -0.298 e. The first kappa shape index (κ1) is 14.4. The number of rotatable bonds is 3. The van der Waals surface area contributed by atoms with Crippen LogP contribution >= 0.6 is 11.3 Å². The Bertz CT molecular complexity index is 600. The van der Waals surface area contributed by atoms with E-state index in [9.17, 15) is 0 Å². The number of thiophene rings is 1. The van der Waals surface area contributed by atoms with Crippen molar-refractivity contribution in [1.82, 2.24) is 9.80 Å². The highest BCUT2D eigenvalue weighted by Gasteiger charge is 2.27. The van der Waals surface area contributed by atoms with Crippen molar-refractivity contribution in [3.63, 3.8) is 0 Å². The molecule has 0 N–H and O–H groups in total. The van der Waals surface area contributed by atoms with Crippen LogP contribution in [0.15, 0.2) is 41.8 Å². The van der Waals surface area contributed by atoms with Crippen LogP contribution in [-0.4, -0.2) is 42.0 Å². The van der Waals surface area contributed by atoms with E-state index >= 15 is 0 Å². The molecule has 0 saturated carbocycles. The molecule has 0 spiro atoms. The average Bonchev–Trinajstić information content (AvgIpc) is 3.08. The molecule has 1 fully saturated rings. The average molecular weight is 312 g/mol. The van der Waals surface area contributed by atoms with Gasteiger partial charge in [-0.1, -0.05) is 30.3 Å². The molecule has 1 aromatic heterocycles. The summed E-state index contributed by atoms with van der Waals surface area (Å²) < 4.78 is 0. The van der Waals surface area contributed by atoms with E-state index in [0.717, 1.165) is 12.6 Å². The number of hydrogen-bond donors (Lipinski definition) is 0. The van der Waals surface area contributed by atoms with E-state index < -0.39 is 0 Å². The van der Waals surface area contributed by atoms with Crippen LogP contribution in [0.3, 0.4) is 0 Å². The van der Waals surface area contributed by atoms with Gasteiger partial charge in [0.2, 0.25) is 0 Å². The van der Waals surface area contributed by atoms with Crippen LogP contribution in [0, 0.1) is 0 Å². The lowest BCUT2D eigenvalue weighted by molar-refractivity contribution is 0.0862. The highest BCUT2D eigenvalue weighted by Crippen LogP contribution is 2.25. The smallest absolute Gasteiger partial charge is 0.0328 e. The molecule has 1 saturated heterocycles. The van der Waals surface area contributed by atoms with Crippen LogP contribution in [0.5, 0.6) is 0 Å². The summed E-state index contributed by atoms with van der Waals surface area (Å²) in [5, 5.41) is 2.19. The minimum atomic E-state index is 0.763. The molecule has 0 radical (unpaired) electrons. The summed E-state index contributed by atoms with van der Waals surface area (Å²) in [6.07, 6.45) is 3.85. The molecule has 2 aliphatic rings. The fourth-order valence-corrected chi connectivity index (χ4v) is 4.65. The van der Waals surface area contributed by atoms with Crippen molar-refractivity contribution in [2.75, 3.05) is 26.2 Å². The molecule has 1 unspecified atom stereocenters. The Kier molecular flexibility index (Phi) is 4.28. The summed E-state index contributed by atoms with van der Waals surface area (Å²) in [6.45, 7) is 6.04. The van der Waals surface area contributed by atoms with Crippen LogP contribution in [0.4, 0.5) is 0 Å². The number of benzene rings is 1. The third-order valence-electron chi connectivity index (χ3n) is 5.20. The van der Waals surface area contributed by atoms with E-state index in [1.807, 2.05) is 11.3 Å². The minimum absolute atomic E-state index is 0.763. The first-order chi connectivity index (χ1) is 10.9. The van der Waals surface area contributed by atoms with Crippen LogP contribution < -0.4 is 0 Å². The van der Waals surface area contributed by atoms with Gasteiger partial charge in [-0.15, -0.1) is 11.3 Å². The van der Waals surface area contributed by atoms with Gasteiger partial charge in [-0.05, 0) is 41.8 Å². The van der Waals surface area contributed by atoms with E-state index in [0.29, 0.717) is 0 Å². The summed E-state index contributed by atoms with van der Waals surface area (Å²) in [4.78, 5) is 6.85. The van der Waals surface area contributed by atoms with E-state index in [1.54, 1.807) is 11.1 Å². The fourth-order valence-electron chi connectivity index (χ4n) is 3.90. The van der Waals surface area contributed by atoms with Crippen molar-refractivity contribution < 1.29 is 0 Å². The molecule has 1 aromatic carbocycles. The Morgan fingerprint density at radius 3 is 2.55 bits per heavy atom. The van der Waals surface area contributed by atoms with Crippen molar-refractivity contribution in [2.24, 2.45) is 0 Å². The van der Waals surface area contributed by atoms with Gasteiger partial charge in [0.1, 0.15) is 0 Å². The first-order valence-corrected chi connectivity index (χ1v) is 9.32. The number of piperazine rings is 1. The lowest BCUT2D eigenvalue weighted by atomic mass is 9.87. The Hall–Kier alpha value is -1.16. The quantitative estimate of drug-likeness (QED) is 0.857. The van der Waals surface area contributed by atoms with Crippen molar-refractivity contribution in [2.45, 2.75) is 31.8 Å². The Morgan fingerprint density at radius 2 is 1.77 bits per heavy atom. The zero-order valence-corrected chi connectivity index (χ0v) is 13.9. The Labute approximate surface area is 137 Å². The molecular weight excluding hydrogens is 288 g/mol. The second-order valence-corrected chi connectivity index (χ2v) is 7.59. The SMILES string of the molecule is c1csc(CN2CCN(C3CCc4ccccc4C3)CC2)c1. The highest BCUT2D eigenvalue weighted by molar-refractivity contribution is 7.09. The second-order valence-electron chi connectivity index (χ2n) is 6.56. The van der Waals surface area contributed by atoms with Gasteiger partial charge in [-0.3, -0.25) is 9.80 Å². The third kappa shape index (κ3) is 3.12. The lowest BCUT2D eigenvalue weighted by Crippen LogP contribution is -2.51. The lowest BCUT2D eigenvalue weighted by Gasteiger charge is -2.41. The van der Waals surface area contributed by atoms with Crippen molar-refractivity contribution in [1.29, 1.82) is 0 Å². The zero-order chi connectivity index (χ0) is 14.8. The monoisotopic (exact) mass is 312 g/mol. The molecule has 1 atom stereocenters. The van der Waals surface area contributed by atoms with Crippen LogP contribution in [-0.2, 0) is 19.4 Å². The molecule has 0 amide bonds. The number of hydrogen-bond acceptors (Lipinski definition) is 3. The maximum atomic E-state index is 2.74. The van der Waals surface area contributed by atoms with Gasteiger partial charge in [0.25, 0.3) is 0 Å². The standard InChI is InChI=1S/C19H24N2S/c1-2-5-17-14-18(8-7-16(17)4-1)21-11-9-20(10-12-21)15-19-6-3-13-22-19/h1-6,13,18H,7-12,14-15H2. The molecule has 3 heteroatoms. The maximum Gasteiger partial charge on any atom is 0.0328 e. The normalized spacial score (nSPS) is 23.4. The van der Waals surface area contributed by atoms with Gasteiger partial charge < -0.3 is 0 Å². The predicted octanol–water partition coefficient (Wildman–Crippen LogP) is 3.42. The molecule has 1 aliphatic heterocycles. The van der Waals surface area contributed by atoms with Gasteiger partial charge in [0, 0.05) is 43.6 Å².